The normalized spacial score (nSPS) is 12.9. The molecule has 0 radical (unpaired) electrons. The molecule has 29 heavy (non-hydrogen) atoms. The van der Waals surface area contributed by atoms with E-state index in [0.29, 0.717) is 23.4 Å². The number of rotatable bonds is 5. The Hall–Kier alpha value is -2.97. The molecule has 154 valence electrons. The van der Waals surface area contributed by atoms with Crippen molar-refractivity contribution in [2.24, 2.45) is 0 Å². The van der Waals surface area contributed by atoms with Gasteiger partial charge in [-0.2, -0.15) is 18.2 Å². The molecule has 9 heteroatoms. The summed E-state index contributed by atoms with van der Waals surface area (Å²) in [6.07, 6.45) is -3.96. The Morgan fingerprint density at radius 2 is 1.79 bits per heavy atom. The monoisotopic (exact) mass is 405 g/mol. The molecule has 2 heterocycles. The summed E-state index contributed by atoms with van der Waals surface area (Å²) < 4.78 is 39.8. The zero-order valence-corrected chi connectivity index (χ0v) is 16.6. The van der Waals surface area contributed by atoms with Gasteiger partial charge in [-0.05, 0) is 32.8 Å². The molecular formula is C20H22F3N5O. The lowest BCUT2D eigenvalue weighted by molar-refractivity contribution is -0.144. The SMILES string of the molecule is CCC(NC(=O)Cc1c(C)nc2nc(C(F)(F)F)nn2c1C)c1ccc(C)cc1. The Labute approximate surface area is 166 Å². The van der Waals surface area contributed by atoms with E-state index in [9.17, 15) is 18.0 Å². The number of benzene rings is 1. The van der Waals surface area contributed by atoms with Gasteiger partial charge in [-0.3, -0.25) is 4.79 Å². The first-order valence-electron chi connectivity index (χ1n) is 9.26. The van der Waals surface area contributed by atoms with E-state index >= 15 is 0 Å². The first-order valence-corrected chi connectivity index (χ1v) is 9.26. The Bertz CT molecular complexity index is 1040. The van der Waals surface area contributed by atoms with E-state index in [1.807, 2.05) is 38.1 Å². The van der Waals surface area contributed by atoms with E-state index in [-0.39, 0.29) is 24.1 Å². The van der Waals surface area contributed by atoms with Crippen molar-refractivity contribution in [3.8, 4) is 0 Å². The van der Waals surface area contributed by atoms with Gasteiger partial charge in [-0.15, -0.1) is 5.10 Å². The Morgan fingerprint density at radius 3 is 2.38 bits per heavy atom. The maximum Gasteiger partial charge on any atom is 0.453 e. The second-order valence-electron chi connectivity index (χ2n) is 7.02. The van der Waals surface area contributed by atoms with Crippen LogP contribution in [0.1, 0.15) is 53.3 Å². The molecule has 1 amide bonds. The van der Waals surface area contributed by atoms with Crippen LogP contribution in [0.15, 0.2) is 24.3 Å². The highest BCUT2D eigenvalue weighted by atomic mass is 19.4. The molecule has 3 rings (SSSR count). The lowest BCUT2D eigenvalue weighted by Crippen LogP contribution is -2.30. The largest absolute Gasteiger partial charge is 0.453 e. The number of aromatic nitrogens is 4. The Morgan fingerprint density at radius 1 is 1.14 bits per heavy atom. The maximum absolute atomic E-state index is 12.9. The summed E-state index contributed by atoms with van der Waals surface area (Å²) in [6, 6.07) is 7.77. The lowest BCUT2D eigenvalue weighted by Gasteiger charge is -2.18. The summed E-state index contributed by atoms with van der Waals surface area (Å²) in [5.74, 6) is -1.62. The summed E-state index contributed by atoms with van der Waals surface area (Å²) in [7, 11) is 0. The molecule has 0 saturated heterocycles. The summed E-state index contributed by atoms with van der Waals surface area (Å²) in [5, 5.41) is 6.50. The van der Waals surface area contributed by atoms with Gasteiger partial charge in [-0.1, -0.05) is 36.8 Å². The molecule has 0 fully saturated rings. The average Bonchev–Trinajstić information content (AvgIpc) is 3.08. The molecule has 0 aliphatic rings. The number of nitrogens with zero attached hydrogens (tertiary/aromatic N) is 4. The predicted molar refractivity (Wildman–Crippen MR) is 101 cm³/mol. The van der Waals surface area contributed by atoms with E-state index in [1.165, 1.54) is 0 Å². The third-order valence-corrected chi connectivity index (χ3v) is 4.86. The molecule has 3 aromatic rings. The number of hydrogen-bond acceptors (Lipinski definition) is 4. The van der Waals surface area contributed by atoms with E-state index in [0.717, 1.165) is 15.6 Å². The number of carbonyl (C=O) groups is 1. The molecule has 6 nitrogen and oxygen atoms in total. The van der Waals surface area contributed by atoms with Gasteiger partial charge in [0, 0.05) is 17.0 Å². The van der Waals surface area contributed by atoms with Crippen LogP contribution in [0.3, 0.4) is 0 Å². The van der Waals surface area contributed by atoms with Crippen LogP contribution in [-0.4, -0.2) is 25.5 Å². The van der Waals surface area contributed by atoms with Crippen molar-refractivity contribution in [2.45, 2.75) is 52.8 Å². The number of halogens is 3. The number of hydrogen-bond donors (Lipinski definition) is 1. The van der Waals surface area contributed by atoms with Crippen molar-refractivity contribution in [3.63, 3.8) is 0 Å². The van der Waals surface area contributed by atoms with Gasteiger partial charge in [0.15, 0.2) is 0 Å². The molecule has 0 aliphatic heterocycles. The molecule has 0 spiro atoms. The molecule has 1 aromatic carbocycles. The first-order chi connectivity index (χ1) is 13.6. The zero-order chi connectivity index (χ0) is 21.3. The summed E-state index contributed by atoms with van der Waals surface area (Å²) in [4.78, 5) is 20.2. The molecule has 1 N–H and O–H groups in total. The quantitative estimate of drug-likeness (QED) is 0.699. The first kappa shape index (κ1) is 20.8. The second-order valence-corrected chi connectivity index (χ2v) is 7.02. The van der Waals surface area contributed by atoms with Crippen LogP contribution in [0.5, 0.6) is 0 Å². The minimum atomic E-state index is -4.66. The molecule has 0 aliphatic carbocycles. The van der Waals surface area contributed by atoms with Crippen molar-refractivity contribution in [2.75, 3.05) is 0 Å². The fourth-order valence-electron chi connectivity index (χ4n) is 3.21. The van der Waals surface area contributed by atoms with Crippen molar-refractivity contribution in [1.82, 2.24) is 24.9 Å². The minimum Gasteiger partial charge on any atom is -0.349 e. The molecule has 2 aromatic heterocycles. The van der Waals surface area contributed by atoms with Crippen LogP contribution < -0.4 is 5.32 Å². The van der Waals surface area contributed by atoms with Gasteiger partial charge in [0.2, 0.25) is 5.91 Å². The molecule has 1 atom stereocenters. The van der Waals surface area contributed by atoms with Gasteiger partial charge >= 0.3 is 6.18 Å². The number of carbonyl (C=O) groups excluding carboxylic acids is 1. The van der Waals surface area contributed by atoms with Crippen LogP contribution >= 0.6 is 0 Å². The average molecular weight is 405 g/mol. The van der Waals surface area contributed by atoms with Crippen LogP contribution in [-0.2, 0) is 17.4 Å². The van der Waals surface area contributed by atoms with Crippen LogP contribution in [0.25, 0.3) is 5.78 Å². The molecular weight excluding hydrogens is 383 g/mol. The van der Waals surface area contributed by atoms with Crippen LogP contribution in [0.2, 0.25) is 0 Å². The minimum absolute atomic E-state index is 0.00974. The van der Waals surface area contributed by atoms with Crippen molar-refractivity contribution < 1.29 is 18.0 Å². The highest BCUT2D eigenvalue weighted by molar-refractivity contribution is 5.79. The Balaban J connectivity index is 1.85. The smallest absolute Gasteiger partial charge is 0.349 e. The highest BCUT2D eigenvalue weighted by Crippen LogP contribution is 2.27. The Kier molecular flexibility index (Phi) is 5.59. The summed E-state index contributed by atoms with van der Waals surface area (Å²) in [5.41, 5.74) is 3.53. The maximum atomic E-state index is 12.9. The summed E-state index contributed by atoms with van der Waals surface area (Å²) >= 11 is 0. The van der Waals surface area contributed by atoms with Gasteiger partial charge in [0.1, 0.15) is 0 Å². The van der Waals surface area contributed by atoms with Gasteiger partial charge in [-0.25, -0.2) is 9.50 Å². The summed E-state index contributed by atoms with van der Waals surface area (Å²) in [6.45, 7) is 7.22. The standard InChI is InChI=1S/C20H22F3N5O/c1-5-16(14-8-6-11(2)7-9-14)25-17(29)10-15-12(3)24-19-26-18(20(21,22)23)27-28(19)13(15)4/h6-9,16H,5,10H2,1-4H3,(H,25,29). The van der Waals surface area contributed by atoms with Crippen molar-refractivity contribution in [1.29, 1.82) is 0 Å². The predicted octanol–water partition coefficient (Wildman–Crippen LogP) is 3.88. The van der Waals surface area contributed by atoms with Crippen molar-refractivity contribution in [3.05, 3.63) is 58.2 Å². The van der Waals surface area contributed by atoms with Gasteiger partial charge in [0.25, 0.3) is 11.6 Å². The van der Waals surface area contributed by atoms with Crippen molar-refractivity contribution >= 4 is 11.7 Å². The van der Waals surface area contributed by atoms with E-state index in [4.69, 9.17) is 0 Å². The molecule has 0 bridgehead atoms. The third-order valence-electron chi connectivity index (χ3n) is 4.86. The number of amides is 1. The van der Waals surface area contributed by atoms with E-state index < -0.39 is 12.0 Å². The number of nitrogens with one attached hydrogen (secondary N) is 1. The zero-order valence-electron chi connectivity index (χ0n) is 16.6. The fraction of sp³-hybridized carbons (Fsp3) is 0.400. The molecule has 1 unspecified atom stereocenters. The second kappa shape index (κ2) is 7.81. The lowest BCUT2D eigenvalue weighted by atomic mass is 10.0. The highest BCUT2D eigenvalue weighted by Gasteiger charge is 2.37. The van der Waals surface area contributed by atoms with E-state index in [2.05, 4.69) is 20.4 Å². The number of aryl methyl sites for hydroxylation is 3. The third kappa shape index (κ3) is 4.38. The number of alkyl halides is 3. The topological polar surface area (TPSA) is 72.2 Å². The number of fused-ring (bicyclic) bond motifs is 1. The molecule has 0 saturated carbocycles. The fourth-order valence-corrected chi connectivity index (χ4v) is 3.21. The van der Waals surface area contributed by atoms with Gasteiger partial charge in [0.05, 0.1) is 12.5 Å². The van der Waals surface area contributed by atoms with E-state index in [1.54, 1.807) is 13.8 Å². The van der Waals surface area contributed by atoms with Gasteiger partial charge < -0.3 is 5.32 Å². The van der Waals surface area contributed by atoms with Crippen LogP contribution in [0, 0.1) is 20.8 Å². The van der Waals surface area contributed by atoms with Crippen LogP contribution in [0.4, 0.5) is 13.2 Å².